The van der Waals surface area contributed by atoms with Gasteiger partial charge in [0.15, 0.2) is 17.2 Å². The summed E-state index contributed by atoms with van der Waals surface area (Å²) in [7, 11) is 0. The maximum atomic E-state index is 13.4. The summed E-state index contributed by atoms with van der Waals surface area (Å²) in [5, 5.41) is 0.641. The van der Waals surface area contributed by atoms with Crippen LogP contribution < -0.4 is 5.56 Å². The van der Waals surface area contributed by atoms with Crippen molar-refractivity contribution in [2.24, 2.45) is 0 Å². The quantitative estimate of drug-likeness (QED) is 0.697. The summed E-state index contributed by atoms with van der Waals surface area (Å²) in [6, 6.07) is 7.61. The van der Waals surface area contributed by atoms with Crippen LogP contribution in [0.2, 0.25) is 0 Å². The molecule has 0 saturated carbocycles. The van der Waals surface area contributed by atoms with Gasteiger partial charge in [0.05, 0.1) is 6.33 Å². The average molecular weight is 230 g/mol. The van der Waals surface area contributed by atoms with Crippen molar-refractivity contribution in [2.45, 2.75) is 0 Å². The SMILES string of the molecule is O=c1cc(-c2cc3cccc(F)c3o2)nc[nH]1. The minimum absolute atomic E-state index is 0.171. The van der Waals surface area contributed by atoms with Crippen molar-refractivity contribution < 1.29 is 8.81 Å². The third-order valence-electron chi connectivity index (χ3n) is 2.43. The zero-order chi connectivity index (χ0) is 11.8. The fraction of sp³-hybridized carbons (Fsp3) is 0. The van der Waals surface area contributed by atoms with Gasteiger partial charge in [0.1, 0.15) is 5.69 Å². The molecule has 0 bridgehead atoms. The van der Waals surface area contributed by atoms with Gasteiger partial charge >= 0.3 is 0 Å². The van der Waals surface area contributed by atoms with Crippen LogP contribution in [0, 0.1) is 5.82 Å². The Morgan fingerprint density at radius 1 is 1.29 bits per heavy atom. The summed E-state index contributed by atoms with van der Waals surface area (Å²) in [6.07, 6.45) is 1.28. The number of aromatic amines is 1. The summed E-state index contributed by atoms with van der Waals surface area (Å²) in [5.74, 6) is -0.0604. The molecule has 0 aliphatic carbocycles. The van der Waals surface area contributed by atoms with E-state index in [0.29, 0.717) is 16.8 Å². The molecule has 1 aromatic carbocycles. The van der Waals surface area contributed by atoms with Crippen LogP contribution in [0.5, 0.6) is 0 Å². The molecule has 2 aromatic heterocycles. The molecule has 0 amide bonds. The van der Waals surface area contributed by atoms with Gasteiger partial charge in [-0.1, -0.05) is 12.1 Å². The van der Waals surface area contributed by atoms with Crippen molar-refractivity contribution in [3.8, 4) is 11.5 Å². The second-order valence-corrected chi connectivity index (χ2v) is 3.57. The topological polar surface area (TPSA) is 58.9 Å². The molecule has 0 unspecified atom stereocenters. The van der Waals surface area contributed by atoms with Gasteiger partial charge in [0, 0.05) is 11.5 Å². The van der Waals surface area contributed by atoms with Crippen molar-refractivity contribution in [1.29, 1.82) is 0 Å². The number of H-pyrrole nitrogens is 1. The highest BCUT2D eigenvalue weighted by Crippen LogP contribution is 2.27. The van der Waals surface area contributed by atoms with Gasteiger partial charge in [-0.25, -0.2) is 9.37 Å². The van der Waals surface area contributed by atoms with E-state index in [1.54, 1.807) is 18.2 Å². The van der Waals surface area contributed by atoms with Crippen LogP contribution in [-0.4, -0.2) is 9.97 Å². The van der Waals surface area contributed by atoms with E-state index >= 15 is 0 Å². The standard InChI is InChI=1S/C12H7FN2O2/c13-8-3-1-2-7-4-10(17-12(7)8)9-5-11(16)15-6-14-9/h1-6H,(H,14,15,16). The van der Waals surface area contributed by atoms with Gasteiger partial charge in [0.2, 0.25) is 0 Å². The van der Waals surface area contributed by atoms with Crippen LogP contribution >= 0.6 is 0 Å². The molecule has 0 saturated heterocycles. The molecule has 1 N–H and O–H groups in total. The third-order valence-corrected chi connectivity index (χ3v) is 2.43. The highest BCUT2D eigenvalue weighted by Gasteiger charge is 2.10. The van der Waals surface area contributed by atoms with Crippen LogP contribution in [0.25, 0.3) is 22.4 Å². The van der Waals surface area contributed by atoms with E-state index in [-0.39, 0.29) is 11.1 Å². The van der Waals surface area contributed by atoms with E-state index in [2.05, 4.69) is 9.97 Å². The molecule has 3 rings (SSSR count). The van der Waals surface area contributed by atoms with E-state index in [9.17, 15) is 9.18 Å². The molecule has 3 aromatic rings. The van der Waals surface area contributed by atoms with Gasteiger partial charge in [-0.3, -0.25) is 4.79 Å². The number of rotatable bonds is 1. The average Bonchev–Trinajstić information content (AvgIpc) is 2.74. The zero-order valence-corrected chi connectivity index (χ0v) is 8.61. The summed E-state index contributed by atoms with van der Waals surface area (Å²) in [4.78, 5) is 17.5. The molecule has 0 aliphatic heterocycles. The predicted molar refractivity (Wildman–Crippen MR) is 60.0 cm³/mol. The second kappa shape index (κ2) is 3.55. The van der Waals surface area contributed by atoms with E-state index in [4.69, 9.17) is 4.42 Å². The monoisotopic (exact) mass is 230 g/mol. The number of furan rings is 1. The number of hydrogen-bond donors (Lipinski definition) is 1. The Hall–Kier alpha value is -2.43. The first-order valence-corrected chi connectivity index (χ1v) is 4.97. The molecular weight excluding hydrogens is 223 g/mol. The third kappa shape index (κ3) is 1.61. The van der Waals surface area contributed by atoms with Crippen LogP contribution in [0.15, 0.2) is 45.9 Å². The number of hydrogen-bond acceptors (Lipinski definition) is 3. The van der Waals surface area contributed by atoms with Crippen LogP contribution in [-0.2, 0) is 0 Å². The minimum Gasteiger partial charge on any atom is -0.451 e. The largest absolute Gasteiger partial charge is 0.451 e. The first kappa shape index (κ1) is 9.77. The lowest BCUT2D eigenvalue weighted by molar-refractivity contribution is 0.567. The Morgan fingerprint density at radius 2 is 2.18 bits per heavy atom. The normalized spacial score (nSPS) is 10.9. The Labute approximate surface area is 94.7 Å². The first-order chi connectivity index (χ1) is 8.24. The molecule has 17 heavy (non-hydrogen) atoms. The number of nitrogens with one attached hydrogen (secondary N) is 1. The highest BCUT2D eigenvalue weighted by atomic mass is 19.1. The molecule has 4 nitrogen and oxygen atoms in total. The van der Waals surface area contributed by atoms with Crippen molar-refractivity contribution in [3.05, 3.63) is 52.8 Å². The number of nitrogens with zero attached hydrogens (tertiary/aromatic N) is 1. The lowest BCUT2D eigenvalue weighted by atomic mass is 10.2. The summed E-state index contributed by atoms with van der Waals surface area (Å²) < 4.78 is 18.8. The molecule has 0 spiro atoms. The van der Waals surface area contributed by atoms with Crippen molar-refractivity contribution in [3.63, 3.8) is 0 Å². The predicted octanol–water partition coefficient (Wildman–Crippen LogP) is 2.32. The van der Waals surface area contributed by atoms with Gasteiger partial charge in [-0.15, -0.1) is 0 Å². The highest BCUT2D eigenvalue weighted by molar-refractivity contribution is 5.82. The Bertz CT molecular complexity index is 745. The molecule has 0 radical (unpaired) electrons. The van der Waals surface area contributed by atoms with Gasteiger partial charge in [-0.2, -0.15) is 0 Å². The molecule has 5 heteroatoms. The number of aromatic nitrogens is 2. The number of para-hydroxylation sites is 1. The zero-order valence-electron chi connectivity index (χ0n) is 8.61. The van der Waals surface area contributed by atoms with Gasteiger partial charge in [-0.05, 0) is 12.1 Å². The molecule has 2 heterocycles. The minimum atomic E-state index is -0.432. The fourth-order valence-corrected chi connectivity index (χ4v) is 1.66. The van der Waals surface area contributed by atoms with Gasteiger partial charge < -0.3 is 9.40 Å². The molecule has 0 aliphatic rings. The molecule has 0 fully saturated rings. The summed E-state index contributed by atoms with van der Waals surface area (Å²) in [6.45, 7) is 0. The number of fused-ring (bicyclic) bond motifs is 1. The van der Waals surface area contributed by atoms with Crippen molar-refractivity contribution in [2.75, 3.05) is 0 Å². The van der Waals surface area contributed by atoms with Crippen molar-refractivity contribution in [1.82, 2.24) is 9.97 Å². The number of halogens is 1. The van der Waals surface area contributed by atoms with Crippen LogP contribution in [0.4, 0.5) is 4.39 Å². The Kier molecular flexibility index (Phi) is 2.04. The molecule has 84 valence electrons. The lowest BCUT2D eigenvalue weighted by Gasteiger charge is -1.92. The maximum absolute atomic E-state index is 13.4. The van der Waals surface area contributed by atoms with Crippen LogP contribution in [0.1, 0.15) is 0 Å². The lowest BCUT2D eigenvalue weighted by Crippen LogP contribution is -2.03. The Morgan fingerprint density at radius 3 is 2.94 bits per heavy atom. The smallest absolute Gasteiger partial charge is 0.251 e. The van der Waals surface area contributed by atoms with E-state index in [0.717, 1.165) is 0 Å². The second-order valence-electron chi connectivity index (χ2n) is 3.57. The first-order valence-electron chi connectivity index (χ1n) is 4.97. The van der Waals surface area contributed by atoms with E-state index < -0.39 is 5.82 Å². The molecule has 0 atom stereocenters. The van der Waals surface area contributed by atoms with E-state index in [1.165, 1.54) is 18.5 Å². The number of benzene rings is 1. The van der Waals surface area contributed by atoms with Crippen LogP contribution in [0.3, 0.4) is 0 Å². The fourth-order valence-electron chi connectivity index (χ4n) is 1.66. The maximum Gasteiger partial charge on any atom is 0.251 e. The molecular formula is C12H7FN2O2. The summed E-state index contributed by atoms with van der Waals surface area (Å²) >= 11 is 0. The van der Waals surface area contributed by atoms with Crippen molar-refractivity contribution >= 4 is 11.0 Å². The Balaban J connectivity index is 2.25. The summed E-state index contributed by atoms with van der Waals surface area (Å²) in [5.41, 5.74) is 0.268. The van der Waals surface area contributed by atoms with E-state index in [1.807, 2.05) is 0 Å². The van der Waals surface area contributed by atoms with Gasteiger partial charge in [0.25, 0.3) is 5.56 Å².